The van der Waals surface area contributed by atoms with Gasteiger partial charge in [-0.05, 0) is 55.1 Å². The highest BCUT2D eigenvalue weighted by Crippen LogP contribution is 2.20. The van der Waals surface area contributed by atoms with Crippen molar-refractivity contribution in [2.24, 2.45) is 0 Å². The Hall–Kier alpha value is -2.59. The van der Waals surface area contributed by atoms with Crippen LogP contribution in [0.5, 0.6) is 5.75 Å². The third-order valence-corrected chi connectivity index (χ3v) is 4.56. The number of carbonyl (C=O) groups excluding carboxylic acids is 1. The third kappa shape index (κ3) is 4.24. The zero-order valence-electron chi connectivity index (χ0n) is 13.7. The van der Waals surface area contributed by atoms with Crippen molar-refractivity contribution in [2.75, 3.05) is 5.32 Å². The second-order valence-corrected chi connectivity index (χ2v) is 6.66. The van der Waals surface area contributed by atoms with Crippen molar-refractivity contribution in [3.05, 3.63) is 81.5 Å². The van der Waals surface area contributed by atoms with Gasteiger partial charge in [0.25, 0.3) is 5.91 Å². The van der Waals surface area contributed by atoms with Crippen LogP contribution in [-0.2, 0) is 6.61 Å². The van der Waals surface area contributed by atoms with E-state index in [-0.39, 0.29) is 5.91 Å². The van der Waals surface area contributed by atoms with Gasteiger partial charge in [0, 0.05) is 11.3 Å². The normalized spacial score (nSPS) is 10.4. The largest absolute Gasteiger partial charge is 0.489 e. The number of amides is 1. The summed E-state index contributed by atoms with van der Waals surface area (Å²) in [6.07, 6.45) is 0. The van der Waals surface area contributed by atoms with Crippen LogP contribution in [0.15, 0.2) is 60.0 Å². The lowest BCUT2D eigenvalue weighted by atomic mass is 10.2. The van der Waals surface area contributed by atoms with E-state index in [0.29, 0.717) is 11.5 Å². The predicted octanol–water partition coefficient (Wildman–Crippen LogP) is 5.20. The average molecular weight is 337 g/mol. The number of nitrogens with one attached hydrogen (secondary N) is 1. The summed E-state index contributed by atoms with van der Waals surface area (Å²) in [7, 11) is 0. The zero-order valence-corrected chi connectivity index (χ0v) is 14.5. The quantitative estimate of drug-likeness (QED) is 0.695. The number of anilines is 1. The fraction of sp³-hybridized carbons (Fsp3) is 0.150. The molecule has 1 amide bonds. The molecule has 0 atom stereocenters. The van der Waals surface area contributed by atoms with Crippen molar-refractivity contribution in [1.29, 1.82) is 0 Å². The standard InChI is InChI=1S/C20H19NO2S/c1-14-6-8-18(9-7-14)23-12-16-11-19(24-13-16)20(22)21-17-5-3-4-15(2)10-17/h3-11,13H,12H2,1-2H3,(H,21,22). The zero-order chi connectivity index (χ0) is 16.9. The van der Waals surface area contributed by atoms with Gasteiger partial charge in [-0.3, -0.25) is 4.79 Å². The maximum Gasteiger partial charge on any atom is 0.265 e. The Balaban J connectivity index is 1.60. The van der Waals surface area contributed by atoms with Crippen LogP contribution >= 0.6 is 11.3 Å². The van der Waals surface area contributed by atoms with Gasteiger partial charge in [0.15, 0.2) is 0 Å². The van der Waals surface area contributed by atoms with Crippen molar-refractivity contribution in [3.8, 4) is 5.75 Å². The Labute approximate surface area is 145 Å². The smallest absolute Gasteiger partial charge is 0.265 e. The lowest BCUT2D eigenvalue weighted by Crippen LogP contribution is -2.10. The van der Waals surface area contributed by atoms with E-state index < -0.39 is 0 Å². The Morgan fingerprint density at radius 1 is 1.04 bits per heavy atom. The van der Waals surface area contributed by atoms with E-state index in [9.17, 15) is 4.79 Å². The van der Waals surface area contributed by atoms with Crippen LogP contribution in [0.3, 0.4) is 0 Å². The number of rotatable bonds is 5. The predicted molar refractivity (Wildman–Crippen MR) is 99.0 cm³/mol. The van der Waals surface area contributed by atoms with E-state index in [1.54, 1.807) is 0 Å². The third-order valence-electron chi connectivity index (χ3n) is 3.58. The molecule has 0 bridgehead atoms. The lowest BCUT2D eigenvalue weighted by Gasteiger charge is -2.05. The molecule has 24 heavy (non-hydrogen) atoms. The molecule has 0 saturated carbocycles. The maximum absolute atomic E-state index is 12.3. The second-order valence-electron chi connectivity index (χ2n) is 5.74. The van der Waals surface area contributed by atoms with Gasteiger partial charge in [-0.2, -0.15) is 0 Å². The minimum absolute atomic E-state index is 0.0906. The van der Waals surface area contributed by atoms with Crippen LogP contribution in [0.25, 0.3) is 0 Å². The summed E-state index contributed by atoms with van der Waals surface area (Å²) in [5, 5.41) is 4.88. The first-order valence-electron chi connectivity index (χ1n) is 7.75. The van der Waals surface area contributed by atoms with Crippen molar-refractivity contribution in [3.63, 3.8) is 0 Å². The molecular formula is C20H19NO2S. The molecule has 1 aromatic heterocycles. The van der Waals surface area contributed by atoms with Crippen molar-refractivity contribution in [2.45, 2.75) is 20.5 Å². The van der Waals surface area contributed by atoms with Crippen molar-refractivity contribution >= 4 is 22.9 Å². The molecule has 3 rings (SSSR count). The first-order chi connectivity index (χ1) is 11.6. The molecule has 0 saturated heterocycles. The molecule has 1 N–H and O–H groups in total. The Kier molecular flexibility index (Phi) is 4.96. The number of hydrogen-bond donors (Lipinski definition) is 1. The Bertz CT molecular complexity index is 837. The number of ether oxygens (including phenoxy) is 1. The first kappa shape index (κ1) is 16.3. The number of carbonyl (C=O) groups is 1. The average Bonchev–Trinajstić information content (AvgIpc) is 3.03. The van der Waals surface area contributed by atoms with E-state index in [2.05, 4.69) is 5.32 Å². The minimum atomic E-state index is -0.0906. The minimum Gasteiger partial charge on any atom is -0.489 e. The molecule has 0 aliphatic rings. The molecule has 122 valence electrons. The molecule has 0 radical (unpaired) electrons. The summed E-state index contributed by atoms with van der Waals surface area (Å²) >= 11 is 1.43. The summed E-state index contributed by atoms with van der Waals surface area (Å²) < 4.78 is 5.75. The number of benzene rings is 2. The molecule has 0 fully saturated rings. The highest BCUT2D eigenvalue weighted by atomic mass is 32.1. The molecule has 0 unspecified atom stereocenters. The van der Waals surface area contributed by atoms with Gasteiger partial charge >= 0.3 is 0 Å². The molecule has 4 heteroatoms. The second kappa shape index (κ2) is 7.32. The van der Waals surface area contributed by atoms with Gasteiger partial charge in [-0.1, -0.05) is 29.8 Å². The van der Waals surface area contributed by atoms with Gasteiger partial charge in [0.05, 0.1) is 4.88 Å². The SMILES string of the molecule is Cc1ccc(OCc2csc(C(=O)Nc3cccc(C)c3)c2)cc1. The van der Waals surface area contributed by atoms with Crippen LogP contribution in [0, 0.1) is 13.8 Å². The molecule has 3 nitrogen and oxygen atoms in total. The highest BCUT2D eigenvalue weighted by Gasteiger charge is 2.10. The summed E-state index contributed by atoms with van der Waals surface area (Å²) in [5.74, 6) is 0.741. The molecule has 3 aromatic rings. The molecule has 2 aromatic carbocycles. The molecule has 0 aliphatic heterocycles. The highest BCUT2D eigenvalue weighted by molar-refractivity contribution is 7.12. The van der Waals surface area contributed by atoms with Gasteiger partial charge in [-0.15, -0.1) is 11.3 Å². The van der Waals surface area contributed by atoms with E-state index in [1.165, 1.54) is 16.9 Å². The molecular weight excluding hydrogens is 318 g/mol. The number of thiophene rings is 1. The van der Waals surface area contributed by atoms with Gasteiger partial charge in [0.1, 0.15) is 12.4 Å². The van der Waals surface area contributed by atoms with E-state index in [0.717, 1.165) is 22.6 Å². The summed E-state index contributed by atoms with van der Waals surface area (Å²) in [6.45, 7) is 4.50. The van der Waals surface area contributed by atoms with Crippen LogP contribution in [0.2, 0.25) is 0 Å². The maximum atomic E-state index is 12.3. The fourth-order valence-electron chi connectivity index (χ4n) is 2.29. The molecule has 1 heterocycles. The fourth-order valence-corrected chi connectivity index (χ4v) is 3.08. The topological polar surface area (TPSA) is 38.3 Å². The van der Waals surface area contributed by atoms with Gasteiger partial charge in [-0.25, -0.2) is 0 Å². The van der Waals surface area contributed by atoms with Gasteiger partial charge < -0.3 is 10.1 Å². The van der Waals surface area contributed by atoms with Crippen molar-refractivity contribution < 1.29 is 9.53 Å². The Morgan fingerprint density at radius 3 is 2.58 bits per heavy atom. The number of hydrogen-bond acceptors (Lipinski definition) is 3. The van der Waals surface area contributed by atoms with Crippen LogP contribution < -0.4 is 10.1 Å². The Morgan fingerprint density at radius 2 is 1.83 bits per heavy atom. The monoisotopic (exact) mass is 337 g/mol. The van der Waals surface area contributed by atoms with E-state index in [1.807, 2.05) is 73.8 Å². The van der Waals surface area contributed by atoms with Crippen molar-refractivity contribution in [1.82, 2.24) is 0 Å². The van der Waals surface area contributed by atoms with Crippen LogP contribution in [-0.4, -0.2) is 5.91 Å². The van der Waals surface area contributed by atoms with Gasteiger partial charge in [0.2, 0.25) is 0 Å². The summed E-state index contributed by atoms with van der Waals surface area (Å²) in [5.41, 5.74) is 4.12. The van der Waals surface area contributed by atoms with E-state index in [4.69, 9.17) is 4.74 Å². The first-order valence-corrected chi connectivity index (χ1v) is 8.63. The van der Waals surface area contributed by atoms with Crippen LogP contribution in [0.1, 0.15) is 26.4 Å². The lowest BCUT2D eigenvalue weighted by molar-refractivity contribution is 0.103. The summed E-state index contributed by atoms with van der Waals surface area (Å²) in [6, 6.07) is 17.6. The van der Waals surface area contributed by atoms with E-state index >= 15 is 0 Å². The molecule has 0 aliphatic carbocycles. The number of aryl methyl sites for hydroxylation is 2. The molecule has 0 spiro atoms. The summed E-state index contributed by atoms with van der Waals surface area (Å²) in [4.78, 5) is 13.0. The van der Waals surface area contributed by atoms with Crippen LogP contribution in [0.4, 0.5) is 5.69 Å².